The molecule has 156 valence electrons. The Balaban J connectivity index is 1.69. The first-order chi connectivity index (χ1) is 13.9. The molecule has 2 aromatic rings. The number of ether oxygens (including phenoxy) is 1. The highest BCUT2D eigenvalue weighted by Crippen LogP contribution is 2.44. The lowest BCUT2D eigenvalue weighted by molar-refractivity contribution is -0.388. The average Bonchev–Trinajstić information content (AvgIpc) is 3.48. The molecule has 1 aromatic heterocycles. The Labute approximate surface area is 171 Å². The standard InChI is InChI=1S/C16H20N6O5S2/c1-17-29(25,26)12-4-5-14(13(10-12)22(23)24)28-16-19-18-15(21(16)11-2-3-11)20-6-8-27-9-7-20/h4-5,10-11,17H,2-3,6-9H2,1H3. The number of anilines is 1. The molecule has 13 heteroatoms. The van der Waals surface area contributed by atoms with Crippen molar-refractivity contribution in [2.75, 3.05) is 38.3 Å². The molecular weight excluding hydrogens is 420 g/mol. The van der Waals surface area contributed by atoms with E-state index in [1.54, 1.807) is 0 Å². The third-order valence-electron chi connectivity index (χ3n) is 4.76. The molecule has 1 saturated carbocycles. The van der Waals surface area contributed by atoms with Crippen molar-refractivity contribution in [3.05, 3.63) is 28.3 Å². The van der Waals surface area contributed by atoms with Gasteiger partial charge in [-0.3, -0.25) is 14.7 Å². The second-order valence-corrected chi connectivity index (χ2v) is 9.58. The summed E-state index contributed by atoms with van der Waals surface area (Å²) in [6.07, 6.45) is 2.01. The van der Waals surface area contributed by atoms with E-state index in [1.807, 2.05) is 4.57 Å². The van der Waals surface area contributed by atoms with Crippen LogP contribution >= 0.6 is 11.8 Å². The summed E-state index contributed by atoms with van der Waals surface area (Å²) < 4.78 is 33.6. The Morgan fingerprint density at radius 1 is 1.28 bits per heavy atom. The van der Waals surface area contributed by atoms with Gasteiger partial charge < -0.3 is 9.64 Å². The number of sulfonamides is 1. The van der Waals surface area contributed by atoms with Crippen molar-refractivity contribution in [3.8, 4) is 0 Å². The van der Waals surface area contributed by atoms with E-state index in [4.69, 9.17) is 4.74 Å². The van der Waals surface area contributed by atoms with Crippen molar-refractivity contribution in [2.45, 2.75) is 33.8 Å². The number of nitro benzene ring substituents is 1. The predicted octanol–water partition coefficient (Wildman–Crippen LogP) is 1.42. The van der Waals surface area contributed by atoms with Crippen LogP contribution in [0.5, 0.6) is 0 Å². The van der Waals surface area contributed by atoms with Crippen LogP contribution in [0, 0.1) is 10.1 Å². The summed E-state index contributed by atoms with van der Waals surface area (Å²) in [7, 11) is -2.52. The number of nitrogens with one attached hydrogen (secondary N) is 1. The summed E-state index contributed by atoms with van der Waals surface area (Å²) in [5.41, 5.74) is -0.287. The Kier molecular flexibility index (Phi) is 5.46. The summed E-state index contributed by atoms with van der Waals surface area (Å²) >= 11 is 1.12. The molecule has 1 aliphatic carbocycles. The number of benzene rings is 1. The quantitative estimate of drug-likeness (QED) is 0.501. The molecule has 11 nitrogen and oxygen atoms in total. The lowest BCUT2D eigenvalue weighted by atomic mass is 10.3. The van der Waals surface area contributed by atoms with Crippen LogP contribution in [-0.4, -0.2) is 61.5 Å². The number of nitro groups is 1. The number of rotatable bonds is 7. The number of hydrogen-bond donors (Lipinski definition) is 1. The molecule has 0 radical (unpaired) electrons. The van der Waals surface area contributed by atoms with Crippen molar-refractivity contribution in [2.24, 2.45) is 0 Å². The van der Waals surface area contributed by atoms with Gasteiger partial charge in [0.05, 0.1) is 27.9 Å². The minimum Gasteiger partial charge on any atom is -0.378 e. The molecule has 0 atom stereocenters. The van der Waals surface area contributed by atoms with E-state index in [0.717, 1.165) is 36.6 Å². The summed E-state index contributed by atoms with van der Waals surface area (Å²) in [4.78, 5) is 13.3. The van der Waals surface area contributed by atoms with E-state index in [1.165, 1.54) is 19.2 Å². The van der Waals surface area contributed by atoms with Crippen LogP contribution < -0.4 is 9.62 Å². The van der Waals surface area contributed by atoms with Crippen LogP contribution in [0.25, 0.3) is 0 Å². The molecule has 0 amide bonds. The summed E-state index contributed by atoms with van der Waals surface area (Å²) in [6, 6.07) is 4.12. The lowest BCUT2D eigenvalue weighted by Gasteiger charge is -2.27. The van der Waals surface area contributed by atoms with Gasteiger partial charge in [-0.05, 0) is 43.8 Å². The van der Waals surface area contributed by atoms with E-state index in [-0.39, 0.29) is 16.6 Å². The summed E-state index contributed by atoms with van der Waals surface area (Å²) in [6.45, 7) is 2.66. The highest BCUT2D eigenvalue weighted by molar-refractivity contribution is 7.99. The van der Waals surface area contributed by atoms with Gasteiger partial charge in [0, 0.05) is 25.2 Å². The van der Waals surface area contributed by atoms with Gasteiger partial charge in [-0.15, -0.1) is 10.2 Å². The number of hydrogen-bond acceptors (Lipinski definition) is 9. The van der Waals surface area contributed by atoms with Crippen molar-refractivity contribution < 1.29 is 18.1 Å². The summed E-state index contributed by atoms with van der Waals surface area (Å²) in [5, 5.41) is 20.7. The van der Waals surface area contributed by atoms with Gasteiger partial charge in [0.1, 0.15) is 0 Å². The fourth-order valence-corrected chi connectivity index (χ4v) is 4.81. The molecule has 2 heterocycles. The number of aromatic nitrogens is 3. The molecule has 1 aliphatic heterocycles. The lowest BCUT2D eigenvalue weighted by Crippen LogP contribution is -2.38. The highest BCUT2D eigenvalue weighted by atomic mass is 32.2. The molecule has 2 aliphatic rings. The van der Waals surface area contributed by atoms with Crippen LogP contribution in [0.3, 0.4) is 0 Å². The van der Waals surface area contributed by atoms with E-state index in [0.29, 0.717) is 36.4 Å². The zero-order valence-corrected chi connectivity index (χ0v) is 17.3. The van der Waals surface area contributed by atoms with Gasteiger partial charge in [0.15, 0.2) is 5.16 Å². The molecule has 1 aromatic carbocycles. The van der Waals surface area contributed by atoms with E-state index in [2.05, 4.69) is 19.8 Å². The minimum atomic E-state index is -3.78. The van der Waals surface area contributed by atoms with Crippen molar-refractivity contribution in [3.63, 3.8) is 0 Å². The van der Waals surface area contributed by atoms with Crippen LogP contribution in [0.1, 0.15) is 18.9 Å². The zero-order valence-electron chi connectivity index (χ0n) is 15.6. The third kappa shape index (κ3) is 4.08. The van der Waals surface area contributed by atoms with Crippen molar-refractivity contribution in [1.29, 1.82) is 0 Å². The zero-order chi connectivity index (χ0) is 20.6. The average molecular weight is 441 g/mol. The maximum absolute atomic E-state index is 12.0. The molecule has 0 unspecified atom stereocenters. The van der Waals surface area contributed by atoms with E-state index < -0.39 is 14.9 Å². The molecule has 0 spiro atoms. The molecule has 1 saturated heterocycles. The Morgan fingerprint density at radius 2 is 2.00 bits per heavy atom. The molecule has 0 bridgehead atoms. The maximum atomic E-state index is 12.0. The van der Waals surface area contributed by atoms with Crippen molar-refractivity contribution >= 4 is 33.4 Å². The van der Waals surface area contributed by atoms with Gasteiger partial charge in [-0.25, -0.2) is 13.1 Å². The molecular formula is C16H20N6O5S2. The second-order valence-electron chi connectivity index (χ2n) is 6.68. The van der Waals surface area contributed by atoms with Gasteiger partial charge >= 0.3 is 0 Å². The largest absolute Gasteiger partial charge is 0.378 e. The second kappa shape index (κ2) is 7.89. The SMILES string of the molecule is CNS(=O)(=O)c1ccc(Sc2nnc(N3CCOCC3)n2C2CC2)c([N+](=O)[O-])c1. The fraction of sp³-hybridized carbons (Fsp3) is 0.500. The van der Waals surface area contributed by atoms with Crippen LogP contribution in [0.15, 0.2) is 33.1 Å². The van der Waals surface area contributed by atoms with E-state index >= 15 is 0 Å². The maximum Gasteiger partial charge on any atom is 0.284 e. The fourth-order valence-electron chi connectivity index (χ4n) is 3.08. The van der Waals surface area contributed by atoms with Gasteiger partial charge in [-0.1, -0.05) is 0 Å². The van der Waals surface area contributed by atoms with Crippen LogP contribution in [0.2, 0.25) is 0 Å². The van der Waals surface area contributed by atoms with Crippen molar-refractivity contribution in [1.82, 2.24) is 19.5 Å². The Bertz CT molecular complexity index is 1030. The first-order valence-electron chi connectivity index (χ1n) is 9.08. The molecule has 1 N–H and O–H groups in total. The monoisotopic (exact) mass is 440 g/mol. The topological polar surface area (TPSA) is 132 Å². The molecule has 4 rings (SSSR count). The number of morpholine rings is 1. The van der Waals surface area contributed by atoms with Gasteiger partial charge in [0.2, 0.25) is 16.0 Å². The number of nitrogens with zero attached hydrogens (tertiary/aromatic N) is 5. The molecule has 2 fully saturated rings. The normalized spacial score (nSPS) is 17.5. The Morgan fingerprint density at radius 3 is 2.62 bits per heavy atom. The summed E-state index contributed by atoms with van der Waals surface area (Å²) in [5.74, 6) is 0.746. The molecule has 29 heavy (non-hydrogen) atoms. The predicted molar refractivity (Wildman–Crippen MR) is 105 cm³/mol. The first-order valence-corrected chi connectivity index (χ1v) is 11.4. The van der Waals surface area contributed by atoms with Gasteiger partial charge in [0.25, 0.3) is 5.69 Å². The van der Waals surface area contributed by atoms with Gasteiger partial charge in [-0.2, -0.15) is 0 Å². The minimum absolute atomic E-state index is 0.159. The highest BCUT2D eigenvalue weighted by Gasteiger charge is 2.33. The Hall–Kier alpha value is -2.22. The van der Waals surface area contributed by atoms with E-state index in [9.17, 15) is 18.5 Å². The third-order valence-corrected chi connectivity index (χ3v) is 7.20. The smallest absolute Gasteiger partial charge is 0.284 e. The first kappa shape index (κ1) is 20.1. The van der Waals surface area contributed by atoms with Crippen LogP contribution in [0.4, 0.5) is 11.6 Å². The van der Waals surface area contributed by atoms with Crippen LogP contribution in [-0.2, 0) is 14.8 Å².